The maximum atomic E-state index is 12.8. The van der Waals surface area contributed by atoms with Crippen LogP contribution in [0.4, 0.5) is 0 Å². The fourth-order valence-electron chi connectivity index (χ4n) is 2.97. The van der Waals surface area contributed by atoms with Crippen molar-refractivity contribution in [3.8, 4) is 0 Å². The van der Waals surface area contributed by atoms with Crippen molar-refractivity contribution >= 4 is 15.7 Å². The van der Waals surface area contributed by atoms with Gasteiger partial charge in [0.2, 0.25) is 0 Å². The molecule has 5 nitrogen and oxygen atoms in total. The largest absolute Gasteiger partial charge is 0.277 e. The van der Waals surface area contributed by atoms with Crippen molar-refractivity contribution in [1.29, 1.82) is 0 Å². The molecule has 1 atom stereocenters. The van der Waals surface area contributed by atoms with E-state index in [0.29, 0.717) is 10.5 Å². The van der Waals surface area contributed by atoms with E-state index >= 15 is 0 Å². The van der Waals surface area contributed by atoms with Crippen LogP contribution in [-0.2, 0) is 14.7 Å². The van der Waals surface area contributed by atoms with Crippen LogP contribution in [-0.4, -0.2) is 38.8 Å². The second-order valence-electron chi connectivity index (χ2n) is 5.93. The zero-order valence-electron chi connectivity index (χ0n) is 13.6. The third kappa shape index (κ3) is 3.07. The van der Waals surface area contributed by atoms with Gasteiger partial charge in [-0.15, -0.1) is 0 Å². The molecular weight excluding hydrogens is 326 g/mol. The molecule has 0 radical (unpaired) electrons. The van der Waals surface area contributed by atoms with Crippen molar-refractivity contribution in [3.63, 3.8) is 0 Å². The third-order valence-corrected chi connectivity index (χ3v) is 6.10. The summed E-state index contributed by atoms with van der Waals surface area (Å²) in [4.78, 5) is 17.7. The highest BCUT2D eigenvalue weighted by Crippen LogP contribution is 2.31. The van der Waals surface area contributed by atoms with Crippen molar-refractivity contribution in [2.24, 2.45) is 0 Å². The van der Waals surface area contributed by atoms with Crippen LogP contribution in [0.5, 0.6) is 0 Å². The maximum absolute atomic E-state index is 12.8. The number of amides is 1. The van der Waals surface area contributed by atoms with Gasteiger partial charge in [0, 0.05) is 11.5 Å². The monoisotopic (exact) mass is 345 g/mol. The lowest BCUT2D eigenvalue weighted by atomic mass is 9.91. The van der Waals surface area contributed by atoms with Crippen molar-refractivity contribution in [1.82, 2.24) is 5.06 Å². The first-order chi connectivity index (χ1) is 11.4. The van der Waals surface area contributed by atoms with Crippen molar-refractivity contribution < 1.29 is 18.0 Å². The Morgan fingerprint density at radius 3 is 2.46 bits per heavy atom. The van der Waals surface area contributed by atoms with Gasteiger partial charge >= 0.3 is 0 Å². The quantitative estimate of drug-likeness (QED) is 0.854. The molecule has 24 heavy (non-hydrogen) atoms. The summed E-state index contributed by atoms with van der Waals surface area (Å²) < 4.78 is 25.5. The minimum Gasteiger partial charge on any atom is -0.274 e. The van der Waals surface area contributed by atoms with Gasteiger partial charge in [0.15, 0.2) is 9.84 Å². The summed E-state index contributed by atoms with van der Waals surface area (Å²) in [5.74, 6) is -0.637. The predicted octanol–water partition coefficient (Wildman–Crippen LogP) is 2.57. The van der Waals surface area contributed by atoms with Crippen LogP contribution in [0, 0.1) is 6.92 Å². The molecule has 0 spiro atoms. The number of fused-ring (bicyclic) bond motifs is 1. The summed E-state index contributed by atoms with van der Waals surface area (Å²) in [5.41, 5.74) is 2.26. The number of carbonyl (C=O) groups is 1. The fourth-order valence-corrected chi connectivity index (χ4v) is 4.53. The van der Waals surface area contributed by atoms with Crippen LogP contribution in [0.3, 0.4) is 0 Å². The molecular formula is C18H19NO4S. The highest BCUT2D eigenvalue weighted by Gasteiger charge is 2.34. The van der Waals surface area contributed by atoms with Crippen molar-refractivity contribution in [2.45, 2.75) is 17.7 Å². The highest BCUT2D eigenvalue weighted by molar-refractivity contribution is 7.91. The number of hydrogen-bond donors (Lipinski definition) is 0. The summed E-state index contributed by atoms with van der Waals surface area (Å²) in [5, 5.41) is 1.22. The van der Waals surface area contributed by atoms with Gasteiger partial charge in [-0.25, -0.2) is 13.5 Å². The maximum Gasteiger partial charge on any atom is 0.277 e. The Morgan fingerprint density at radius 1 is 1.12 bits per heavy atom. The molecule has 0 bridgehead atoms. The second-order valence-corrected chi connectivity index (χ2v) is 7.96. The molecule has 0 fully saturated rings. The van der Waals surface area contributed by atoms with Crippen molar-refractivity contribution in [2.75, 3.05) is 19.4 Å². The van der Waals surface area contributed by atoms with Gasteiger partial charge in [0.25, 0.3) is 5.91 Å². The number of carbonyl (C=O) groups excluding carboxylic acids is 1. The van der Waals surface area contributed by atoms with E-state index in [1.54, 1.807) is 36.4 Å². The molecule has 1 aliphatic heterocycles. The minimum atomic E-state index is -3.46. The Morgan fingerprint density at radius 2 is 1.79 bits per heavy atom. The average molecular weight is 345 g/mol. The van der Waals surface area contributed by atoms with E-state index in [2.05, 4.69) is 0 Å². The molecule has 6 heteroatoms. The van der Waals surface area contributed by atoms with Gasteiger partial charge in [0.05, 0.1) is 24.3 Å². The molecule has 2 aromatic carbocycles. The lowest BCUT2D eigenvalue weighted by molar-refractivity contribution is -0.100. The summed E-state index contributed by atoms with van der Waals surface area (Å²) in [6.07, 6.45) is 0. The summed E-state index contributed by atoms with van der Waals surface area (Å²) in [6.45, 7) is 2.13. The first-order valence-corrected chi connectivity index (χ1v) is 9.32. The van der Waals surface area contributed by atoms with Crippen LogP contribution in [0.25, 0.3) is 0 Å². The molecule has 1 amide bonds. The molecule has 1 heterocycles. The molecule has 3 rings (SSSR count). The van der Waals surface area contributed by atoms with E-state index in [0.717, 1.165) is 11.1 Å². The number of nitrogens with zero attached hydrogens (tertiary/aromatic N) is 1. The zero-order valence-corrected chi connectivity index (χ0v) is 14.4. The Kier molecular flexibility index (Phi) is 4.43. The minimum absolute atomic E-state index is 0.0692. The van der Waals surface area contributed by atoms with Gasteiger partial charge in [-0.3, -0.25) is 9.63 Å². The molecule has 1 aliphatic rings. The Hall–Kier alpha value is -2.18. The van der Waals surface area contributed by atoms with E-state index in [-0.39, 0.29) is 24.1 Å². The molecule has 0 aliphatic carbocycles. The SMILES string of the molecule is CON1CC(CS(=O)(=O)c2ccc(C)cc2)c2ccccc2C1=O. The van der Waals surface area contributed by atoms with Gasteiger partial charge in [-0.05, 0) is 30.7 Å². The average Bonchev–Trinajstić information content (AvgIpc) is 2.58. The number of hydrogen-bond acceptors (Lipinski definition) is 4. The molecule has 126 valence electrons. The van der Waals surface area contributed by atoms with Crippen molar-refractivity contribution in [3.05, 3.63) is 65.2 Å². The van der Waals surface area contributed by atoms with E-state index < -0.39 is 9.84 Å². The second kappa shape index (κ2) is 6.37. The standard InChI is InChI=1S/C18H19NO4S/c1-13-7-9-15(10-8-13)24(21,22)12-14-11-19(23-2)18(20)17-6-4-3-5-16(14)17/h3-10,14H,11-12H2,1-2H3. The number of rotatable bonds is 4. The summed E-state index contributed by atoms with van der Waals surface area (Å²) in [7, 11) is -2.05. The van der Waals surface area contributed by atoms with E-state index in [4.69, 9.17) is 4.84 Å². The fraction of sp³-hybridized carbons (Fsp3) is 0.278. The Labute approximate surface area is 141 Å². The van der Waals surface area contributed by atoms with Gasteiger partial charge in [-0.1, -0.05) is 35.9 Å². The Balaban J connectivity index is 1.95. The molecule has 0 aromatic heterocycles. The number of hydroxylamine groups is 2. The normalized spacial score (nSPS) is 17.7. The van der Waals surface area contributed by atoms with Crippen LogP contribution < -0.4 is 0 Å². The van der Waals surface area contributed by atoms with Crippen LogP contribution in [0.1, 0.15) is 27.4 Å². The first-order valence-electron chi connectivity index (χ1n) is 7.66. The number of benzene rings is 2. The zero-order chi connectivity index (χ0) is 17.3. The van der Waals surface area contributed by atoms with E-state index in [1.807, 2.05) is 19.1 Å². The van der Waals surface area contributed by atoms with Crippen LogP contribution in [0.15, 0.2) is 53.4 Å². The molecule has 1 unspecified atom stereocenters. The lowest BCUT2D eigenvalue weighted by Crippen LogP contribution is -2.41. The lowest BCUT2D eigenvalue weighted by Gasteiger charge is -2.32. The molecule has 0 saturated carbocycles. The smallest absolute Gasteiger partial charge is 0.274 e. The first kappa shape index (κ1) is 16.7. The van der Waals surface area contributed by atoms with E-state index in [1.165, 1.54) is 12.2 Å². The number of sulfone groups is 1. The molecule has 2 aromatic rings. The number of aryl methyl sites for hydroxylation is 1. The van der Waals surface area contributed by atoms with E-state index in [9.17, 15) is 13.2 Å². The molecule has 0 N–H and O–H groups in total. The summed E-state index contributed by atoms with van der Waals surface area (Å²) in [6, 6.07) is 13.9. The predicted molar refractivity (Wildman–Crippen MR) is 90.5 cm³/mol. The topological polar surface area (TPSA) is 63.7 Å². The third-order valence-electron chi connectivity index (χ3n) is 4.26. The summed E-state index contributed by atoms with van der Waals surface area (Å²) >= 11 is 0. The van der Waals surface area contributed by atoms with Gasteiger partial charge in [-0.2, -0.15) is 0 Å². The van der Waals surface area contributed by atoms with Gasteiger partial charge < -0.3 is 0 Å². The Bertz CT molecular complexity index is 859. The highest BCUT2D eigenvalue weighted by atomic mass is 32.2. The van der Waals surface area contributed by atoms with Crippen LogP contribution in [0.2, 0.25) is 0 Å². The van der Waals surface area contributed by atoms with Crippen LogP contribution >= 0.6 is 0 Å². The molecule has 0 saturated heterocycles. The van der Waals surface area contributed by atoms with Gasteiger partial charge in [0.1, 0.15) is 0 Å².